The van der Waals surface area contributed by atoms with E-state index < -0.39 is 0 Å². The number of hydrogen-bond acceptors (Lipinski definition) is 6. The van der Waals surface area contributed by atoms with Crippen molar-refractivity contribution < 1.29 is 19.2 Å². The largest absolute Gasteiger partial charge is 0.399 e. The maximum absolute atomic E-state index is 11.5. The van der Waals surface area contributed by atoms with Gasteiger partial charge in [0.1, 0.15) is 0 Å². The van der Waals surface area contributed by atoms with Crippen LogP contribution in [-0.2, 0) is 0 Å². The number of anilines is 2. The first-order valence-electron chi connectivity index (χ1n) is 8.19. The van der Waals surface area contributed by atoms with Crippen LogP contribution in [0.25, 0.3) is 0 Å². The molecule has 2 aromatic rings. The minimum atomic E-state index is -0.0881. The van der Waals surface area contributed by atoms with E-state index in [1.165, 1.54) is 27.7 Å². The second-order valence-corrected chi connectivity index (χ2v) is 9.41. The molecule has 0 aliphatic rings. The van der Waals surface area contributed by atoms with E-state index in [0.29, 0.717) is 37.2 Å². The van der Waals surface area contributed by atoms with Crippen LogP contribution in [-0.4, -0.2) is 23.1 Å². The molecule has 0 radical (unpaired) electrons. The van der Waals surface area contributed by atoms with Crippen LogP contribution in [0.15, 0.2) is 18.2 Å². The highest BCUT2D eigenvalue weighted by atomic mass is 127. The number of nitrogen functional groups attached to an aromatic ring is 2. The normalized spacial score (nSPS) is 10.0. The molecular weight excluding hydrogens is 713 g/mol. The van der Waals surface area contributed by atoms with Crippen LogP contribution < -0.4 is 11.5 Å². The molecule has 0 saturated carbocycles. The fourth-order valence-electron chi connectivity index (χ4n) is 2.36. The summed E-state index contributed by atoms with van der Waals surface area (Å²) in [7, 11) is 0. The molecule has 0 unspecified atom stereocenters. The van der Waals surface area contributed by atoms with Crippen molar-refractivity contribution >= 4 is 102 Å². The molecule has 9 heteroatoms. The van der Waals surface area contributed by atoms with Crippen molar-refractivity contribution in [2.45, 2.75) is 27.7 Å². The molecule has 0 aliphatic carbocycles. The predicted molar refractivity (Wildman–Crippen MR) is 140 cm³/mol. The highest BCUT2D eigenvalue weighted by molar-refractivity contribution is 14.1. The van der Waals surface area contributed by atoms with Gasteiger partial charge in [-0.1, -0.05) is 0 Å². The number of ketones is 4. The molecule has 2 aromatic carbocycles. The molecular formula is C20H19I3N2O4. The third kappa shape index (κ3) is 6.44. The number of Topliss-reactive ketones (excluding diaryl/α,β-unsaturated/α-hetero) is 4. The van der Waals surface area contributed by atoms with Crippen LogP contribution in [0, 0.1) is 10.7 Å². The average molecular weight is 732 g/mol. The SMILES string of the molecule is CC(=O)c1c(I)c(N)c(I)c(C(C)=O)c1I.CC(=O)c1cc(N)cc(C(C)=O)c1. The van der Waals surface area contributed by atoms with Gasteiger partial charge < -0.3 is 11.5 Å². The number of nitrogens with two attached hydrogens (primary N) is 2. The molecule has 0 bridgehead atoms. The lowest BCUT2D eigenvalue weighted by atomic mass is 10.0. The molecule has 0 saturated heterocycles. The van der Waals surface area contributed by atoms with Crippen LogP contribution in [0.2, 0.25) is 0 Å². The Hall–Kier alpha value is -1.09. The Bertz CT molecular complexity index is 960. The summed E-state index contributed by atoms with van der Waals surface area (Å²) in [6, 6.07) is 4.69. The summed E-state index contributed by atoms with van der Waals surface area (Å²) < 4.78 is 2.15. The van der Waals surface area contributed by atoms with Gasteiger partial charge >= 0.3 is 0 Å². The van der Waals surface area contributed by atoms with E-state index in [1.807, 2.05) is 67.8 Å². The fraction of sp³-hybridized carbons (Fsp3) is 0.200. The van der Waals surface area contributed by atoms with Gasteiger partial charge in [-0.3, -0.25) is 19.2 Å². The highest BCUT2D eigenvalue weighted by Crippen LogP contribution is 2.34. The van der Waals surface area contributed by atoms with Crippen molar-refractivity contribution in [1.29, 1.82) is 0 Å². The maximum Gasteiger partial charge on any atom is 0.162 e. The molecule has 0 spiro atoms. The minimum absolute atomic E-state index is 0.0700. The number of hydrogen-bond donors (Lipinski definition) is 2. The molecule has 0 amide bonds. The van der Waals surface area contributed by atoms with Gasteiger partial charge in [-0.25, -0.2) is 0 Å². The van der Waals surface area contributed by atoms with Gasteiger partial charge in [-0.15, -0.1) is 0 Å². The number of halogens is 3. The van der Waals surface area contributed by atoms with Crippen LogP contribution in [0.1, 0.15) is 69.1 Å². The molecule has 0 fully saturated rings. The molecule has 154 valence electrons. The van der Waals surface area contributed by atoms with Gasteiger partial charge in [0.15, 0.2) is 23.1 Å². The second kappa shape index (κ2) is 10.8. The average Bonchev–Trinajstić information content (AvgIpc) is 2.59. The summed E-state index contributed by atoms with van der Waals surface area (Å²) in [5, 5.41) is 0. The summed E-state index contributed by atoms with van der Waals surface area (Å²) in [5.41, 5.74) is 14.4. The van der Waals surface area contributed by atoms with E-state index in [-0.39, 0.29) is 23.1 Å². The van der Waals surface area contributed by atoms with Crippen LogP contribution in [0.4, 0.5) is 11.4 Å². The topological polar surface area (TPSA) is 120 Å². The highest BCUT2D eigenvalue weighted by Gasteiger charge is 2.23. The van der Waals surface area contributed by atoms with Gasteiger partial charge in [-0.2, -0.15) is 0 Å². The van der Waals surface area contributed by atoms with Crippen LogP contribution in [0.3, 0.4) is 0 Å². The summed E-state index contributed by atoms with van der Waals surface area (Å²) in [6.45, 7) is 5.85. The van der Waals surface area contributed by atoms with Crippen molar-refractivity contribution in [3.63, 3.8) is 0 Å². The lowest BCUT2D eigenvalue weighted by molar-refractivity contribution is 0.0996. The van der Waals surface area contributed by atoms with Crippen LogP contribution in [0.5, 0.6) is 0 Å². The summed E-state index contributed by atoms with van der Waals surface area (Å²) in [5.74, 6) is -0.316. The lowest BCUT2D eigenvalue weighted by Crippen LogP contribution is -2.12. The number of carbonyl (C=O) groups is 4. The Kier molecular flexibility index (Phi) is 9.66. The summed E-state index contributed by atoms with van der Waals surface area (Å²) >= 11 is 6.12. The van der Waals surface area contributed by atoms with Gasteiger partial charge in [0.25, 0.3) is 0 Å². The van der Waals surface area contributed by atoms with E-state index in [9.17, 15) is 19.2 Å². The minimum Gasteiger partial charge on any atom is -0.399 e. The Balaban J connectivity index is 0.000000296. The maximum atomic E-state index is 11.5. The molecule has 6 nitrogen and oxygen atoms in total. The number of benzene rings is 2. The molecule has 0 heterocycles. The first-order valence-corrected chi connectivity index (χ1v) is 11.4. The van der Waals surface area contributed by atoms with Gasteiger partial charge in [0.05, 0.1) is 5.69 Å². The standard InChI is InChI=1S/C10H8I3NO2.C10H11NO2/c1-3(15)5-7(11)6(4(2)16)9(13)10(14)8(5)12;1-6(12)8-3-9(7(2)13)5-10(11)4-8/h14H2,1-2H3;3-5H,11H2,1-2H3. The third-order valence-corrected chi connectivity index (χ3v) is 7.14. The molecule has 2 rings (SSSR count). The molecule has 29 heavy (non-hydrogen) atoms. The number of carbonyl (C=O) groups excluding carboxylic acids is 4. The zero-order valence-electron chi connectivity index (χ0n) is 16.2. The number of rotatable bonds is 4. The zero-order valence-corrected chi connectivity index (χ0v) is 22.6. The van der Waals surface area contributed by atoms with E-state index in [2.05, 4.69) is 0 Å². The van der Waals surface area contributed by atoms with Crippen molar-refractivity contribution in [1.82, 2.24) is 0 Å². The quantitative estimate of drug-likeness (QED) is 0.255. The van der Waals surface area contributed by atoms with Crippen molar-refractivity contribution in [3.05, 3.63) is 51.2 Å². The smallest absolute Gasteiger partial charge is 0.162 e. The van der Waals surface area contributed by atoms with E-state index in [4.69, 9.17) is 11.5 Å². The predicted octanol–water partition coefficient (Wildman–Crippen LogP) is 5.16. The Labute approximate surface area is 210 Å². The van der Waals surface area contributed by atoms with E-state index in [1.54, 1.807) is 18.2 Å². The Morgan fingerprint density at radius 3 is 1.24 bits per heavy atom. The van der Waals surface area contributed by atoms with Crippen molar-refractivity contribution in [3.8, 4) is 0 Å². The Morgan fingerprint density at radius 2 is 0.966 bits per heavy atom. The van der Waals surface area contributed by atoms with Gasteiger partial charge in [-0.05, 0) is 114 Å². The second-order valence-electron chi connectivity index (χ2n) is 6.17. The zero-order chi connectivity index (χ0) is 22.6. The molecule has 4 N–H and O–H groups in total. The van der Waals surface area contributed by atoms with Crippen molar-refractivity contribution in [2.75, 3.05) is 11.5 Å². The Morgan fingerprint density at radius 1 is 0.621 bits per heavy atom. The van der Waals surface area contributed by atoms with Crippen molar-refractivity contribution in [2.24, 2.45) is 0 Å². The van der Waals surface area contributed by atoms with Gasteiger partial charge in [0, 0.05) is 38.7 Å². The molecule has 0 aromatic heterocycles. The van der Waals surface area contributed by atoms with Gasteiger partial charge in [0.2, 0.25) is 0 Å². The lowest BCUT2D eigenvalue weighted by Gasteiger charge is -2.13. The third-order valence-electron chi connectivity index (χ3n) is 3.82. The summed E-state index contributed by atoms with van der Waals surface area (Å²) in [4.78, 5) is 45.1. The molecule has 0 atom stereocenters. The fourth-order valence-corrected chi connectivity index (χ4v) is 7.05. The monoisotopic (exact) mass is 732 g/mol. The van der Waals surface area contributed by atoms with Crippen LogP contribution >= 0.6 is 67.8 Å². The summed E-state index contributed by atoms with van der Waals surface area (Å²) in [6.07, 6.45) is 0. The van der Waals surface area contributed by atoms with E-state index >= 15 is 0 Å². The molecule has 0 aliphatic heterocycles. The first kappa shape index (κ1) is 25.9. The first-order chi connectivity index (χ1) is 13.3. The van der Waals surface area contributed by atoms with E-state index in [0.717, 1.165) is 7.14 Å².